The lowest BCUT2D eigenvalue weighted by Gasteiger charge is -2.66. The summed E-state index contributed by atoms with van der Waals surface area (Å²) < 4.78 is 39.0. The third-order valence-electron chi connectivity index (χ3n) is 25.7. The van der Waals surface area contributed by atoms with E-state index in [1.54, 1.807) is 0 Å². The number of rotatable bonds is 36. The first-order valence-corrected chi connectivity index (χ1v) is 39.4. The fraction of sp³-hybridized carbons (Fsp3) is 0.826. The number of hydrogen-bond acceptors (Lipinski definition) is 6. The zero-order valence-corrected chi connectivity index (χ0v) is 63.9. The van der Waals surface area contributed by atoms with E-state index in [4.69, 9.17) is 23.7 Å². The molecular weight excluding hydrogens is 1130 g/mol. The zero-order chi connectivity index (χ0) is 67.1. The minimum atomic E-state index is -1.24. The average Bonchev–Trinajstić information content (AvgIpc) is 1.13. The third kappa shape index (κ3) is 16.9. The van der Waals surface area contributed by atoms with Crippen LogP contribution in [-0.2, 0) is 35.2 Å². The molecule has 1 aliphatic carbocycles. The van der Waals surface area contributed by atoms with Crippen molar-refractivity contribution in [1.29, 1.82) is 0 Å². The second-order valence-corrected chi connectivity index (χ2v) is 35.6. The van der Waals surface area contributed by atoms with Gasteiger partial charge in [-0.25, -0.2) is 0 Å². The van der Waals surface area contributed by atoms with Gasteiger partial charge in [0.05, 0.1) is 11.0 Å². The second kappa shape index (κ2) is 31.7. The van der Waals surface area contributed by atoms with Crippen molar-refractivity contribution in [3.05, 3.63) is 55.7 Å². The predicted octanol–water partition coefficient (Wildman–Crippen LogP) is 24.9. The lowest BCUT2D eigenvalue weighted by Crippen LogP contribution is -2.78. The highest BCUT2D eigenvalue weighted by atomic mass is 16.7. The number of ether oxygens (including phenoxy) is 5. The number of ketones is 1. The number of carbonyl (C=O) groups is 1. The predicted molar refractivity (Wildman–Crippen MR) is 389 cm³/mol. The van der Waals surface area contributed by atoms with E-state index in [0.29, 0.717) is 18.8 Å². The minimum absolute atomic E-state index is 0.109. The maximum Gasteiger partial charge on any atom is 0.244 e. The Morgan fingerprint density at radius 2 is 0.663 bits per heavy atom. The maximum absolute atomic E-state index is 16.3. The molecule has 5 aliphatic heterocycles. The van der Waals surface area contributed by atoms with Crippen LogP contribution in [0.5, 0.6) is 23.0 Å². The molecule has 1 spiro atoms. The fourth-order valence-corrected chi connectivity index (χ4v) is 18.7. The molecule has 1 saturated heterocycles. The van der Waals surface area contributed by atoms with Crippen LogP contribution in [0.3, 0.4) is 0 Å². The van der Waals surface area contributed by atoms with Gasteiger partial charge in [-0.05, 0) is 215 Å². The summed E-state index contributed by atoms with van der Waals surface area (Å²) in [6.07, 6.45) is 41.0. The molecule has 8 rings (SSSR count). The Hall–Kier alpha value is -2.99. The molecule has 0 N–H and O–H groups in total. The Kier molecular flexibility index (Phi) is 25.8. The molecule has 6 nitrogen and oxygen atoms in total. The first kappa shape index (κ1) is 74.8. The van der Waals surface area contributed by atoms with E-state index < -0.39 is 22.4 Å². The Morgan fingerprint density at radius 3 is 1.03 bits per heavy atom. The van der Waals surface area contributed by atoms with Crippen LogP contribution in [0, 0.1) is 86.4 Å². The number of Topliss-reactive ketones (excluding diaryl/α,β-unsaturated/α-hetero) is 1. The Morgan fingerprint density at radius 1 is 0.348 bits per heavy atom. The van der Waals surface area contributed by atoms with E-state index in [-0.39, 0.29) is 17.0 Å². The normalized spacial score (nSPS) is 27.7. The van der Waals surface area contributed by atoms with E-state index in [1.165, 1.54) is 175 Å². The molecule has 1 fully saturated rings. The van der Waals surface area contributed by atoms with Gasteiger partial charge in [-0.3, -0.25) is 4.79 Å². The van der Waals surface area contributed by atoms with Crippen LogP contribution < -0.4 is 18.9 Å². The topological polar surface area (TPSA) is 63.2 Å². The summed E-state index contributed by atoms with van der Waals surface area (Å²) in [5.74, 6) is 9.84. The smallest absolute Gasteiger partial charge is 0.244 e. The van der Waals surface area contributed by atoms with Crippen LogP contribution in [0.2, 0.25) is 0 Å². The van der Waals surface area contributed by atoms with Crippen LogP contribution in [0.1, 0.15) is 361 Å². The maximum atomic E-state index is 16.3. The van der Waals surface area contributed by atoms with Crippen molar-refractivity contribution in [1.82, 2.24) is 0 Å². The number of carbonyl (C=O) groups excluding carboxylic acids is 1. The van der Waals surface area contributed by atoms with Gasteiger partial charge in [-0.1, -0.05) is 224 Å². The van der Waals surface area contributed by atoms with E-state index >= 15 is 4.79 Å². The van der Waals surface area contributed by atoms with Gasteiger partial charge in [0, 0.05) is 39.8 Å². The van der Waals surface area contributed by atoms with Gasteiger partial charge in [0.15, 0.2) is 5.60 Å². The molecule has 0 saturated carbocycles. The lowest BCUT2D eigenvalue weighted by atomic mass is 9.49. The van der Waals surface area contributed by atoms with E-state index in [0.717, 1.165) is 162 Å². The molecule has 2 aromatic rings. The quantitative estimate of drug-likeness (QED) is 0.0677. The summed E-state index contributed by atoms with van der Waals surface area (Å²) in [6.45, 7) is 49.3. The van der Waals surface area contributed by atoms with Crippen molar-refractivity contribution < 1.29 is 28.5 Å². The monoisotopic (exact) mass is 1270 g/mol. The van der Waals surface area contributed by atoms with Crippen molar-refractivity contribution in [3.63, 3.8) is 0 Å². The van der Waals surface area contributed by atoms with Crippen molar-refractivity contribution in [2.24, 2.45) is 58.7 Å². The summed E-state index contributed by atoms with van der Waals surface area (Å²) in [4.78, 5) is 16.3. The molecule has 0 bridgehead atoms. The van der Waals surface area contributed by atoms with Crippen molar-refractivity contribution in [2.45, 2.75) is 398 Å². The van der Waals surface area contributed by atoms with E-state index in [9.17, 15) is 0 Å². The number of benzene rings is 2. The summed E-state index contributed by atoms with van der Waals surface area (Å²) in [6, 6.07) is 0. The highest BCUT2D eigenvalue weighted by molar-refractivity contribution is 6.06. The van der Waals surface area contributed by atoms with Gasteiger partial charge in [0.2, 0.25) is 11.6 Å². The SMILES string of the molecule is CC1=C(C)C23Oc4c(C)c(C)c5c(c4CC2(CCC(C)(CCCC(C)CCCC(C)CCCC(C)C)O3)C2(Cc3c4c(c(C)c(C)c3O2)OC(C)(CCCC(C)CCCC(C)CCCC(C)C)CC4)C1=O)CCC(C)(CCCC(C)CCCC(C)CCCC(C)C)O5. The van der Waals surface area contributed by atoms with Crippen LogP contribution in [-0.4, -0.2) is 34.0 Å². The molecule has 0 radical (unpaired) electrons. The first-order chi connectivity index (χ1) is 43.4. The van der Waals surface area contributed by atoms with Crippen molar-refractivity contribution >= 4 is 5.78 Å². The standard InChI is InChI=1S/C86H142O6/c1-57(2)31-22-34-60(7)37-25-40-63(10)43-28-48-81(19)51-46-72-74-55-84-54-53-83(21,50-30-45-65(12)42-27-39-62(9)36-24-33-59(5)6)92-86(84,91-79(74)69(16)67(14)76(72)88-81)71(18)70(17)80(87)85(84)56-75-73-47-52-82(20,89-77(73)66(13)68(15)78(75)90-85)49-29-44-64(11)41-26-38-61(8)35-23-32-58(3)4/h57-65H,22-56H2,1-21H3. The molecule has 2 aromatic carbocycles. The summed E-state index contributed by atoms with van der Waals surface area (Å²) >= 11 is 0. The van der Waals surface area contributed by atoms with Crippen LogP contribution in [0.4, 0.5) is 0 Å². The summed E-state index contributed by atoms with van der Waals surface area (Å²) in [7, 11) is 0. The van der Waals surface area contributed by atoms with Gasteiger partial charge in [0.25, 0.3) is 0 Å². The third-order valence-corrected chi connectivity index (χ3v) is 25.7. The second-order valence-electron chi connectivity index (χ2n) is 35.6. The molecule has 12 unspecified atom stereocenters. The van der Waals surface area contributed by atoms with Crippen LogP contribution >= 0.6 is 0 Å². The molecule has 6 aliphatic rings. The fourth-order valence-electron chi connectivity index (χ4n) is 18.7. The highest BCUT2D eigenvalue weighted by Gasteiger charge is 2.79. The average molecular weight is 1270 g/mol. The van der Waals surface area contributed by atoms with Gasteiger partial charge in [-0.2, -0.15) is 0 Å². The minimum Gasteiger partial charge on any atom is -0.487 e. The molecule has 12 atom stereocenters. The molecule has 5 heterocycles. The van der Waals surface area contributed by atoms with Gasteiger partial charge < -0.3 is 23.7 Å². The Labute approximate surface area is 566 Å². The highest BCUT2D eigenvalue weighted by Crippen LogP contribution is 2.70. The zero-order valence-electron chi connectivity index (χ0n) is 63.9. The first-order valence-electron chi connectivity index (χ1n) is 39.4. The van der Waals surface area contributed by atoms with E-state index in [1.807, 2.05) is 0 Å². The molecule has 0 amide bonds. The van der Waals surface area contributed by atoms with Gasteiger partial charge in [0.1, 0.15) is 34.2 Å². The number of fused-ring (bicyclic) bond motifs is 6. The lowest BCUT2D eigenvalue weighted by molar-refractivity contribution is -0.347. The molecular formula is C86H142O6. The Bertz CT molecular complexity index is 2800. The largest absolute Gasteiger partial charge is 0.487 e. The summed E-state index contributed by atoms with van der Waals surface area (Å²) in [5, 5.41) is 0. The number of hydrogen-bond donors (Lipinski definition) is 0. The van der Waals surface area contributed by atoms with Crippen molar-refractivity contribution in [3.8, 4) is 23.0 Å². The Balaban J connectivity index is 1.05. The van der Waals surface area contributed by atoms with Crippen molar-refractivity contribution in [2.75, 3.05) is 0 Å². The van der Waals surface area contributed by atoms with Gasteiger partial charge >= 0.3 is 0 Å². The van der Waals surface area contributed by atoms with E-state index in [2.05, 4.69) is 145 Å². The molecule has 92 heavy (non-hydrogen) atoms. The van der Waals surface area contributed by atoms with Crippen LogP contribution in [0.15, 0.2) is 11.1 Å². The summed E-state index contributed by atoms with van der Waals surface area (Å²) in [5.41, 5.74) is 8.13. The molecule has 6 heteroatoms. The van der Waals surface area contributed by atoms with Crippen LogP contribution in [0.25, 0.3) is 0 Å². The molecule has 522 valence electrons. The van der Waals surface area contributed by atoms with Gasteiger partial charge in [-0.15, -0.1) is 0 Å². The molecule has 0 aromatic heterocycles.